The predicted molar refractivity (Wildman–Crippen MR) is 125 cm³/mol. The normalized spacial score (nSPS) is 11.1. The van der Waals surface area contributed by atoms with E-state index >= 15 is 0 Å². The number of carbonyl (C=O) groups excluding carboxylic acids is 1. The van der Waals surface area contributed by atoms with Gasteiger partial charge in [0.2, 0.25) is 5.91 Å². The number of hydrazone groups is 1. The van der Waals surface area contributed by atoms with Crippen LogP contribution in [0, 0.1) is 37.8 Å². The predicted octanol–water partition coefficient (Wildman–Crippen LogP) is 5.07. The molecular formula is C23H23BrN4O3. The average molecular weight is 483 g/mol. The maximum absolute atomic E-state index is 12.3. The van der Waals surface area contributed by atoms with Gasteiger partial charge >= 0.3 is 0 Å². The molecule has 8 heteroatoms. The van der Waals surface area contributed by atoms with Gasteiger partial charge in [0, 0.05) is 27.5 Å². The Morgan fingerprint density at radius 2 is 1.90 bits per heavy atom. The van der Waals surface area contributed by atoms with Crippen molar-refractivity contribution >= 4 is 33.7 Å². The van der Waals surface area contributed by atoms with E-state index in [0.717, 1.165) is 33.6 Å². The molecule has 1 N–H and O–H groups in total. The first-order valence-electron chi connectivity index (χ1n) is 9.68. The summed E-state index contributed by atoms with van der Waals surface area (Å²) in [6, 6.07) is 12.8. The van der Waals surface area contributed by atoms with Crippen LogP contribution in [0.1, 0.15) is 33.6 Å². The molecule has 3 aromatic rings. The smallest absolute Gasteiger partial charge is 0.294 e. The van der Waals surface area contributed by atoms with Gasteiger partial charge in [0.05, 0.1) is 17.6 Å². The number of benzene rings is 2. The monoisotopic (exact) mass is 482 g/mol. The summed E-state index contributed by atoms with van der Waals surface area (Å²) in [5.74, 6) is -0.208. The van der Waals surface area contributed by atoms with E-state index in [1.165, 1.54) is 6.07 Å². The Morgan fingerprint density at radius 3 is 2.58 bits per heavy atom. The summed E-state index contributed by atoms with van der Waals surface area (Å²) in [5.41, 5.74) is 8.59. The molecule has 0 unspecified atom stereocenters. The van der Waals surface area contributed by atoms with Crippen molar-refractivity contribution in [1.82, 2.24) is 9.99 Å². The molecule has 1 heterocycles. The first-order chi connectivity index (χ1) is 14.7. The molecular weight excluding hydrogens is 460 g/mol. The number of carbonyl (C=O) groups is 1. The largest absolute Gasteiger partial charge is 0.312 e. The molecule has 0 aliphatic heterocycles. The van der Waals surface area contributed by atoms with Crippen molar-refractivity contribution in [2.45, 2.75) is 34.1 Å². The van der Waals surface area contributed by atoms with E-state index in [1.54, 1.807) is 18.3 Å². The number of aryl methyl sites for hydroxylation is 3. The molecule has 0 fully saturated rings. The van der Waals surface area contributed by atoms with Crippen LogP contribution in [0.4, 0.5) is 5.69 Å². The Labute approximate surface area is 189 Å². The van der Waals surface area contributed by atoms with Gasteiger partial charge in [-0.05, 0) is 57.0 Å². The summed E-state index contributed by atoms with van der Waals surface area (Å²) in [4.78, 5) is 23.4. The summed E-state index contributed by atoms with van der Waals surface area (Å²) < 4.78 is 2.45. The minimum atomic E-state index is -0.403. The van der Waals surface area contributed by atoms with E-state index in [0.29, 0.717) is 10.2 Å². The molecule has 2 aromatic carbocycles. The van der Waals surface area contributed by atoms with Crippen molar-refractivity contribution in [3.63, 3.8) is 0 Å². The van der Waals surface area contributed by atoms with Crippen LogP contribution in [0.15, 0.2) is 52.0 Å². The molecule has 1 amide bonds. The Balaban J connectivity index is 1.79. The van der Waals surface area contributed by atoms with E-state index in [-0.39, 0.29) is 18.0 Å². The van der Waals surface area contributed by atoms with Crippen molar-refractivity contribution in [3.05, 3.63) is 90.7 Å². The van der Waals surface area contributed by atoms with Crippen LogP contribution in [0.2, 0.25) is 0 Å². The van der Waals surface area contributed by atoms with Crippen LogP contribution in [0.3, 0.4) is 0 Å². The van der Waals surface area contributed by atoms with Gasteiger partial charge in [0.25, 0.3) is 5.69 Å². The zero-order valence-electron chi connectivity index (χ0n) is 17.8. The number of halogens is 1. The number of nitro benzene ring substituents is 1. The van der Waals surface area contributed by atoms with Gasteiger partial charge < -0.3 is 4.57 Å². The fraction of sp³-hybridized carbons (Fsp3) is 0.217. The second kappa shape index (κ2) is 9.26. The van der Waals surface area contributed by atoms with Gasteiger partial charge in [-0.15, -0.1) is 0 Å². The molecule has 3 rings (SSSR count). The van der Waals surface area contributed by atoms with Crippen molar-refractivity contribution in [2.75, 3.05) is 0 Å². The highest BCUT2D eigenvalue weighted by atomic mass is 79.9. The van der Waals surface area contributed by atoms with Crippen LogP contribution < -0.4 is 5.43 Å². The molecule has 0 radical (unpaired) electrons. The summed E-state index contributed by atoms with van der Waals surface area (Å²) in [5, 5.41) is 15.6. The summed E-state index contributed by atoms with van der Waals surface area (Å²) in [6.45, 7) is 7.72. The van der Waals surface area contributed by atoms with Crippen LogP contribution in [0.25, 0.3) is 5.69 Å². The quantitative estimate of drug-likeness (QED) is 0.302. The zero-order chi connectivity index (χ0) is 22.7. The molecule has 7 nitrogen and oxygen atoms in total. The van der Waals surface area contributed by atoms with Crippen LogP contribution in [-0.2, 0) is 11.2 Å². The molecule has 0 aliphatic carbocycles. The Morgan fingerprint density at radius 1 is 1.16 bits per heavy atom. The number of nitrogens with one attached hydrogen (secondary N) is 1. The van der Waals surface area contributed by atoms with Crippen molar-refractivity contribution < 1.29 is 9.72 Å². The molecule has 31 heavy (non-hydrogen) atoms. The van der Waals surface area contributed by atoms with Gasteiger partial charge in [0.1, 0.15) is 5.69 Å². The van der Waals surface area contributed by atoms with Crippen molar-refractivity contribution in [1.29, 1.82) is 0 Å². The fourth-order valence-corrected chi connectivity index (χ4v) is 3.90. The van der Waals surface area contributed by atoms with Crippen LogP contribution in [-0.4, -0.2) is 21.6 Å². The molecule has 0 bridgehead atoms. The molecule has 1 aromatic heterocycles. The molecule has 0 saturated carbocycles. The third-order valence-electron chi connectivity index (χ3n) is 5.09. The Kier molecular flexibility index (Phi) is 6.70. The van der Waals surface area contributed by atoms with E-state index in [1.807, 2.05) is 56.5 Å². The van der Waals surface area contributed by atoms with Gasteiger partial charge in [-0.3, -0.25) is 14.9 Å². The SMILES string of the molecule is Cc1ccc(CC(=O)N/N=C/c2cc(C)n(-c3ccc(Br)cc3[N+](=O)[O-])c2C)c(C)c1. The Hall–Kier alpha value is -3.26. The highest BCUT2D eigenvalue weighted by Crippen LogP contribution is 2.30. The van der Waals surface area contributed by atoms with E-state index in [2.05, 4.69) is 26.5 Å². The van der Waals surface area contributed by atoms with Crippen LogP contribution in [0.5, 0.6) is 0 Å². The topological polar surface area (TPSA) is 89.5 Å². The lowest BCUT2D eigenvalue weighted by atomic mass is 10.0. The van der Waals surface area contributed by atoms with Gasteiger partial charge in [-0.2, -0.15) is 5.10 Å². The van der Waals surface area contributed by atoms with Crippen LogP contribution >= 0.6 is 15.9 Å². The maximum atomic E-state index is 12.3. The number of nitro groups is 1. The fourth-order valence-electron chi connectivity index (χ4n) is 3.55. The second-order valence-corrected chi connectivity index (χ2v) is 8.37. The number of hydrogen-bond acceptors (Lipinski definition) is 4. The molecule has 0 aliphatic rings. The number of rotatable bonds is 6. The summed E-state index contributed by atoms with van der Waals surface area (Å²) in [7, 11) is 0. The lowest BCUT2D eigenvalue weighted by Crippen LogP contribution is -2.20. The average Bonchev–Trinajstić information content (AvgIpc) is 2.97. The highest BCUT2D eigenvalue weighted by molar-refractivity contribution is 9.10. The minimum Gasteiger partial charge on any atom is -0.312 e. The molecule has 0 atom stereocenters. The first-order valence-corrected chi connectivity index (χ1v) is 10.5. The van der Waals surface area contributed by atoms with Gasteiger partial charge in [-0.25, -0.2) is 5.43 Å². The number of hydrogen-bond donors (Lipinski definition) is 1. The standard InChI is InChI=1S/C23H23BrN4O3/c1-14-5-6-18(15(2)9-14)11-23(29)26-25-13-19-10-16(3)27(17(19)4)21-8-7-20(24)12-22(21)28(30)31/h5-10,12-13H,11H2,1-4H3,(H,26,29)/b25-13+. The number of nitrogens with zero attached hydrogens (tertiary/aromatic N) is 3. The first kappa shape index (κ1) is 22.4. The maximum Gasteiger partial charge on any atom is 0.294 e. The highest BCUT2D eigenvalue weighted by Gasteiger charge is 2.19. The van der Waals surface area contributed by atoms with Crippen molar-refractivity contribution in [2.24, 2.45) is 5.10 Å². The molecule has 0 spiro atoms. The number of amides is 1. The lowest BCUT2D eigenvalue weighted by molar-refractivity contribution is -0.384. The van der Waals surface area contributed by atoms with Crippen molar-refractivity contribution in [3.8, 4) is 5.69 Å². The molecule has 0 saturated heterocycles. The summed E-state index contributed by atoms with van der Waals surface area (Å²) >= 11 is 3.28. The second-order valence-electron chi connectivity index (χ2n) is 7.45. The van der Waals surface area contributed by atoms with Gasteiger partial charge in [0.15, 0.2) is 0 Å². The van der Waals surface area contributed by atoms with E-state index in [4.69, 9.17) is 0 Å². The lowest BCUT2D eigenvalue weighted by Gasteiger charge is -2.10. The summed E-state index contributed by atoms with van der Waals surface area (Å²) in [6.07, 6.45) is 1.80. The Bertz CT molecular complexity index is 1200. The third-order valence-corrected chi connectivity index (χ3v) is 5.58. The van der Waals surface area contributed by atoms with E-state index in [9.17, 15) is 14.9 Å². The zero-order valence-corrected chi connectivity index (χ0v) is 19.4. The third kappa shape index (κ3) is 5.08. The molecule has 160 valence electrons. The van der Waals surface area contributed by atoms with Gasteiger partial charge in [-0.1, -0.05) is 39.7 Å². The number of aromatic nitrogens is 1. The van der Waals surface area contributed by atoms with E-state index < -0.39 is 4.92 Å². The minimum absolute atomic E-state index is 0.00133.